The van der Waals surface area contributed by atoms with E-state index in [9.17, 15) is 0 Å². The molecule has 0 atom stereocenters. The van der Waals surface area contributed by atoms with Gasteiger partial charge in [-0.05, 0) is 19.1 Å². The van der Waals surface area contributed by atoms with Crippen molar-refractivity contribution >= 4 is 0 Å². The Balaban J connectivity index is 2.46. The fourth-order valence-electron chi connectivity index (χ4n) is 1.34. The number of rotatable bonds is 6. The van der Waals surface area contributed by atoms with Crippen LogP contribution in [0, 0.1) is 6.92 Å². The van der Waals surface area contributed by atoms with Gasteiger partial charge in [-0.2, -0.15) is 0 Å². The molecule has 0 amide bonds. The molecule has 0 saturated heterocycles. The molecule has 4 nitrogen and oxygen atoms in total. The summed E-state index contributed by atoms with van der Waals surface area (Å²) < 4.78 is 5.40. The molecule has 0 spiro atoms. The highest BCUT2D eigenvalue weighted by molar-refractivity contribution is 5.05. The summed E-state index contributed by atoms with van der Waals surface area (Å²) in [5.74, 6) is 1.75. The second-order valence-electron chi connectivity index (χ2n) is 3.24. The van der Waals surface area contributed by atoms with Gasteiger partial charge in [0.05, 0.1) is 19.8 Å². The summed E-state index contributed by atoms with van der Waals surface area (Å²) in [6.07, 6.45) is 0. The van der Waals surface area contributed by atoms with Crippen molar-refractivity contribution in [3.05, 3.63) is 23.7 Å². The van der Waals surface area contributed by atoms with Crippen LogP contribution in [0.5, 0.6) is 0 Å². The Morgan fingerprint density at radius 1 is 1.21 bits per heavy atom. The summed E-state index contributed by atoms with van der Waals surface area (Å²) >= 11 is 0. The van der Waals surface area contributed by atoms with Crippen molar-refractivity contribution in [3.63, 3.8) is 0 Å². The van der Waals surface area contributed by atoms with Gasteiger partial charge in [0.1, 0.15) is 11.5 Å². The van der Waals surface area contributed by atoms with Crippen molar-refractivity contribution in [2.75, 3.05) is 26.3 Å². The molecule has 0 unspecified atom stereocenters. The van der Waals surface area contributed by atoms with Crippen molar-refractivity contribution in [1.29, 1.82) is 0 Å². The topological polar surface area (TPSA) is 56.8 Å². The Kier molecular flexibility index (Phi) is 4.65. The third-order valence-corrected chi connectivity index (χ3v) is 2.01. The molecule has 0 aliphatic rings. The monoisotopic (exact) mass is 199 g/mol. The lowest BCUT2D eigenvalue weighted by molar-refractivity contribution is 0.148. The Morgan fingerprint density at radius 2 is 1.86 bits per heavy atom. The smallest absolute Gasteiger partial charge is 0.118 e. The highest BCUT2D eigenvalue weighted by Crippen LogP contribution is 2.08. The second-order valence-corrected chi connectivity index (χ2v) is 3.24. The third kappa shape index (κ3) is 3.49. The molecule has 14 heavy (non-hydrogen) atoms. The Hall–Kier alpha value is -0.840. The van der Waals surface area contributed by atoms with Gasteiger partial charge in [-0.1, -0.05) is 0 Å². The van der Waals surface area contributed by atoms with E-state index in [2.05, 4.69) is 0 Å². The first-order valence-corrected chi connectivity index (χ1v) is 4.75. The number of furan rings is 1. The van der Waals surface area contributed by atoms with Gasteiger partial charge in [0.2, 0.25) is 0 Å². The SMILES string of the molecule is Cc1ccc(CN(CCO)CCO)o1. The minimum atomic E-state index is 0.0969. The maximum Gasteiger partial charge on any atom is 0.118 e. The first kappa shape index (κ1) is 11.2. The lowest BCUT2D eigenvalue weighted by Gasteiger charge is -2.18. The van der Waals surface area contributed by atoms with Crippen molar-refractivity contribution < 1.29 is 14.6 Å². The standard InChI is InChI=1S/C10H17NO3/c1-9-2-3-10(14-9)8-11(4-6-12)5-7-13/h2-3,12-13H,4-8H2,1H3. The predicted octanol–water partition coefficient (Wildman–Crippen LogP) is 0.375. The van der Waals surface area contributed by atoms with Gasteiger partial charge in [-0.3, -0.25) is 4.90 Å². The highest BCUT2D eigenvalue weighted by Gasteiger charge is 2.06. The number of hydrogen-bond donors (Lipinski definition) is 2. The van der Waals surface area contributed by atoms with Crippen LogP contribution in [0.3, 0.4) is 0 Å². The van der Waals surface area contributed by atoms with E-state index in [1.165, 1.54) is 0 Å². The largest absolute Gasteiger partial charge is 0.465 e. The van der Waals surface area contributed by atoms with E-state index in [1.54, 1.807) is 0 Å². The van der Waals surface area contributed by atoms with Crippen molar-refractivity contribution in [2.24, 2.45) is 0 Å². The zero-order valence-corrected chi connectivity index (χ0v) is 8.44. The van der Waals surface area contributed by atoms with Crippen LogP contribution in [-0.4, -0.2) is 41.4 Å². The molecular weight excluding hydrogens is 182 g/mol. The summed E-state index contributed by atoms with van der Waals surface area (Å²) in [6, 6.07) is 3.82. The van der Waals surface area contributed by atoms with E-state index in [4.69, 9.17) is 14.6 Å². The molecule has 1 heterocycles. The van der Waals surface area contributed by atoms with Crippen molar-refractivity contribution in [1.82, 2.24) is 4.90 Å². The van der Waals surface area contributed by atoms with Gasteiger partial charge in [-0.15, -0.1) is 0 Å². The molecule has 0 aliphatic heterocycles. The molecule has 1 aromatic heterocycles. The highest BCUT2D eigenvalue weighted by atomic mass is 16.3. The lowest BCUT2D eigenvalue weighted by atomic mass is 10.4. The summed E-state index contributed by atoms with van der Waals surface area (Å²) in [5, 5.41) is 17.6. The number of aliphatic hydroxyl groups is 2. The molecule has 0 saturated carbocycles. The summed E-state index contributed by atoms with van der Waals surface area (Å²) in [5.41, 5.74) is 0. The molecule has 0 fully saturated rings. The van der Waals surface area contributed by atoms with Crippen molar-refractivity contribution in [3.8, 4) is 0 Å². The maximum atomic E-state index is 8.79. The van der Waals surface area contributed by atoms with Crippen LogP contribution in [0.1, 0.15) is 11.5 Å². The minimum Gasteiger partial charge on any atom is -0.465 e. The van der Waals surface area contributed by atoms with Gasteiger partial charge in [0.15, 0.2) is 0 Å². The predicted molar refractivity (Wildman–Crippen MR) is 52.9 cm³/mol. The number of nitrogens with zero attached hydrogens (tertiary/aromatic N) is 1. The average molecular weight is 199 g/mol. The molecule has 0 aromatic carbocycles. The Labute approximate surface area is 83.8 Å². The van der Waals surface area contributed by atoms with E-state index >= 15 is 0 Å². The van der Waals surface area contributed by atoms with Crippen LogP contribution < -0.4 is 0 Å². The Morgan fingerprint density at radius 3 is 2.29 bits per heavy atom. The maximum absolute atomic E-state index is 8.79. The fourth-order valence-corrected chi connectivity index (χ4v) is 1.34. The van der Waals surface area contributed by atoms with Gasteiger partial charge >= 0.3 is 0 Å². The van der Waals surface area contributed by atoms with E-state index in [-0.39, 0.29) is 13.2 Å². The van der Waals surface area contributed by atoms with E-state index in [0.717, 1.165) is 11.5 Å². The molecular formula is C10H17NO3. The van der Waals surface area contributed by atoms with Crippen LogP contribution in [0.25, 0.3) is 0 Å². The van der Waals surface area contributed by atoms with Gasteiger partial charge < -0.3 is 14.6 Å². The van der Waals surface area contributed by atoms with Crippen molar-refractivity contribution in [2.45, 2.75) is 13.5 Å². The molecule has 0 aliphatic carbocycles. The van der Waals surface area contributed by atoms with Crippen LogP contribution in [0.4, 0.5) is 0 Å². The third-order valence-electron chi connectivity index (χ3n) is 2.01. The van der Waals surface area contributed by atoms with Crippen LogP contribution in [0.2, 0.25) is 0 Å². The number of aryl methyl sites for hydroxylation is 1. The molecule has 1 rings (SSSR count). The first-order valence-electron chi connectivity index (χ1n) is 4.75. The molecule has 0 bridgehead atoms. The quantitative estimate of drug-likeness (QED) is 0.695. The van der Waals surface area contributed by atoms with E-state index in [0.29, 0.717) is 19.6 Å². The zero-order chi connectivity index (χ0) is 10.4. The zero-order valence-electron chi connectivity index (χ0n) is 8.44. The average Bonchev–Trinajstić information content (AvgIpc) is 2.52. The van der Waals surface area contributed by atoms with Gasteiger partial charge in [0, 0.05) is 13.1 Å². The van der Waals surface area contributed by atoms with Crippen LogP contribution in [0.15, 0.2) is 16.5 Å². The lowest BCUT2D eigenvalue weighted by Crippen LogP contribution is -2.29. The normalized spacial score (nSPS) is 11.1. The molecule has 1 aromatic rings. The van der Waals surface area contributed by atoms with E-state index in [1.807, 2.05) is 24.0 Å². The Bertz CT molecular complexity index is 254. The fraction of sp³-hybridized carbons (Fsp3) is 0.600. The molecule has 80 valence electrons. The second kappa shape index (κ2) is 5.80. The minimum absolute atomic E-state index is 0.0969. The number of aliphatic hydroxyl groups excluding tert-OH is 2. The summed E-state index contributed by atoms with van der Waals surface area (Å²) in [4.78, 5) is 1.94. The molecule has 2 N–H and O–H groups in total. The molecule has 0 radical (unpaired) electrons. The van der Waals surface area contributed by atoms with Gasteiger partial charge in [-0.25, -0.2) is 0 Å². The van der Waals surface area contributed by atoms with Gasteiger partial charge in [0.25, 0.3) is 0 Å². The molecule has 4 heteroatoms. The summed E-state index contributed by atoms with van der Waals surface area (Å²) in [6.45, 7) is 3.83. The number of hydrogen-bond acceptors (Lipinski definition) is 4. The van der Waals surface area contributed by atoms with Crippen LogP contribution in [-0.2, 0) is 6.54 Å². The first-order chi connectivity index (χ1) is 6.76. The van der Waals surface area contributed by atoms with E-state index < -0.39 is 0 Å². The summed E-state index contributed by atoms with van der Waals surface area (Å²) in [7, 11) is 0. The van der Waals surface area contributed by atoms with Crippen LogP contribution >= 0.6 is 0 Å².